The second-order valence-corrected chi connectivity index (χ2v) is 7.01. The summed E-state index contributed by atoms with van der Waals surface area (Å²) in [5.74, 6) is 0.882. The Labute approximate surface area is 165 Å². The van der Waals surface area contributed by atoms with Crippen LogP contribution in [0.4, 0.5) is 0 Å². The predicted octanol–water partition coefficient (Wildman–Crippen LogP) is 2.36. The number of guanidine groups is 1. The number of hydrogen-bond donors (Lipinski definition) is 1. The minimum atomic E-state index is 0.121. The molecule has 0 spiro atoms. The number of rotatable bonds is 9. The van der Waals surface area contributed by atoms with E-state index in [-0.39, 0.29) is 11.9 Å². The molecule has 0 radical (unpaired) electrons. The summed E-state index contributed by atoms with van der Waals surface area (Å²) in [4.78, 5) is 23.2. The number of carbonyl (C=O) groups excluding carboxylic acids is 1. The molecule has 1 rings (SSSR count). The molecule has 0 aromatic heterocycles. The Bertz CT molecular complexity index is 593. The van der Waals surface area contributed by atoms with Crippen LogP contribution in [-0.4, -0.2) is 80.4 Å². The first-order chi connectivity index (χ1) is 12.8. The Kier molecular flexibility index (Phi) is 9.86. The van der Waals surface area contributed by atoms with Crippen LogP contribution in [0.5, 0.6) is 0 Å². The predicted molar refractivity (Wildman–Crippen MR) is 114 cm³/mol. The SMILES string of the molecule is CCNC(=NCC(c1ccc(C)cc1)N(C)C)N(C)CC(=O)N(CC)CC. The third kappa shape index (κ3) is 7.21. The van der Waals surface area contributed by atoms with E-state index in [1.807, 2.05) is 37.6 Å². The first-order valence-corrected chi connectivity index (χ1v) is 9.84. The molecular formula is C21H37N5O. The van der Waals surface area contributed by atoms with Crippen molar-refractivity contribution in [3.8, 4) is 0 Å². The first-order valence-electron chi connectivity index (χ1n) is 9.84. The van der Waals surface area contributed by atoms with Crippen molar-refractivity contribution in [2.45, 2.75) is 33.7 Å². The molecule has 1 aromatic rings. The lowest BCUT2D eigenvalue weighted by Gasteiger charge is -2.27. The topological polar surface area (TPSA) is 51.2 Å². The van der Waals surface area contributed by atoms with Gasteiger partial charge in [0.15, 0.2) is 5.96 Å². The van der Waals surface area contributed by atoms with Gasteiger partial charge < -0.3 is 20.0 Å². The van der Waals surface area contributed by atoms with Crippen LogP contribution in [0.3, 0.4) is 0 Å². The second kappa shape index (κ2) is 11.6. The summed E-state index contributed by atoms with van der Waals surface area (Å²) < 4.78 is 0. The van der Waals surface area contributed by atoms with Crippen LogP contribution >= 0.6 is 0 Å². The van der Waals surface area contributed by atoms with Crippen LogP contribution in [0.15, 0.2) is 29.3 Å². The van der Waals surface area contributed by atoms with E-state index < -0.39 is 0 Å². The molecule has 0 aliphatic rings. The van der Waals surface area contributed by atoms with E-state index in [0.29, 0.717) is 13.1 Å². The fourth-order valence-corrected chi connectivity index (χ4v) is 2.95. The summed E-state index contributed by atoms with van der Waals surface area (Å²) in [6, 6.07) is 8.78. The Morgan fingerprint density at radius 3 is 2.15 bits per heavy atom. The highest BCUT2D eigenvalue weighted by molar-refractivity contribution is 5.86. The molecule has 0 saturated carbocycles. The lowest BCUT2D eigenvalue weighted by molar-refractivity contribution is -0.131. The highest BCUT2D eigenvalue weighted by Crippen LogP contribution is 2.19. The third-order valence-electron chi connectivity index (χ3n) is 4.68. The van der Waals surface area contributed by atoms with Crippen molar-refractivity contribution in [2.24, 2.45) is 4.99 Å². The quantitative estimate of drug-likeness (QED) is 0.532. The molecule has 0 bridgehead atoms. The Morgan fingerprint density at radius 2 is 1.67 bits per heavy atom. The van der Waals surface area contributed by atoms with E-state index in [4.69, 9.17) is 4.99 Å². The van der Waals surface area contributed by atoms with E-state index in [1.165, 1.54) is 11.1 Å². The molecule has 1 N–H and O–H groups in total. The zero-order chi connectivity index (χ0) is 20.4. The number of aliphatic imine (C=N–C) groups is 1. The van der Waals surface area contributed by atoms with Gasteiger partial charge in [0, 0.05) is 26.7 Å². The smallest absolute Gasteiger partial charge is 0.242 e. The van der Waals surface area contributed by atoms with Crippen LogP contribution in [0.1, 0.15) is 37.9 Å². The maximum Gasteiger partial charge on any atom is 0.242 e. The highest BCUT2D eigenvalue weighted by Gasteiger charge is 2.17. The molecule has 0 aliphatic heterocycles. The molecule has 1 aromatic carbocycles. The summed E-state index contributed by atoms with van der Waals surface area (Å²) in [6.45, 7) is 11.3. The van der Waals surface area contributed by atoms with Gasteiger partial charge in [-0.3, -0.25) is 9.79 Å². The Morgan fingerprint density at radius 1 is 1.07 bits per heavy atom. The fraction of sp³-hybridized carbons (Fsp3) is 0.619. The number of likely N-dealkylation sites (N-methyl/N-ethyl adjacent to an activating group) is 3. The molecule has 0 fully saturated rings. The molecular weight excluding hydrogens is 338 g/mol. The van der Waals surface area contributed by atoms with Crippen LogP contribution in [-0.2, 0) is 4.79 Å². The van der Waals surface area contributed by atoms with Gasteiger partial charge in [-0.1, -0.05) is 29.8 Å². The molecule has 152 valence electrons. The highest BCUT2D eigenvalue weighted by atomic mass is 16.2. The van der Waals surface area contributed by atoms with Crippen molar-refractivity contribution in [3.63, 3.8) is 0 Å². The van der Waals surface area contributed by atoms with Crippen LogP contribution in [0.2, 0.25) is 0 Å². The van der Waals surface area contributed by atoms with E-state index in [0.717, 1.165) is 25.6 Å². The summed E-state index contributed by atoms with van der Waals surface area (Å²) >= 11 is 0. The summed E-state index contributed by atoms with van der Waals surface area (Å²) in [5, 5.41) is 3.30. The van der Waals surface area contributed by atoms with Crippen molar-refractivity contribution in [3.05, 3.63) is 35.4 Å². The first kappa shape index (κ1) is 23.0. The largest absolute Gasteiger partial charge is 0.357 e. The van der Waals surface area contributed by atoms with E-state index in [2.05, 4.69) is 55.5 Å². The molecule has 0 saturated heterocycles. The molecule has 1 atom stereocenters. The third-order valence-corrected chi connectivity index (χ3v) is 4.68. The summed E-state index contributed by atoms with van der Waals surface area (Å²) in [7, 11) is 6.06. The van der Waals surface area contributed by atoms with E-state index in [1.54, 1.807) is 0 Å². The molecule has 1 unspecified atom stereocenters. The zero-order valence-corrected chi connectivity index (χ0v) is 18.1. The van der Waals surface area contributed by atoms with Gasteiger partial charge in [-0.05, 0) is 47.4 Å². The number of nitrogens with zero attached hydrogens (tertiary/aromatic N) is 4. The van der Waals surface area contributed by atoms with Crippen molar-refractivity contribution in [1.29, 1.82) is 0 Å². The Balaban J connectivity index is 2.91. The number of nitrogens with one attached hydrogen (secondary N) is 1. The number of hydrogen-bond acceptors (Lipinski definition) is 3. The van der Waals surface area contributed by atoms with Gasteiger partial charge in [0.25, 0.3) is 0 Å². The molecule has 27 heavy (non-hydrogen) atoms. The minimum Gasteiger partial charge on any atom is -0.357 e. The fourth-order valence-electron chi connectivity index (χ4n) is 2.95. The number of carbonyl (C=O) groups is 1. The number of amides is 1. The lowest BCUT2D eigenvalue weighted by Crippen LogP contribution is -2.46. The second-order valence-electron chi connectivity index (χ2n) is 7.01. The van der Waals surface area contributed by atoms with Gasteiger partial charge in [0.2, 0.25) is 5.91 Å². The lowest BCUT2D eigenvalue weighted by atomic mass is 10.0. The molecule has 0 heterocycles. The summed E-state index contributed by atoms with van der Waals surface area (Å²) in [5.41, 5.74) is 2.50. The van der Waals surface area contributed by atoms with Gasteiger partial charge in [0.05, 0.1) is 19.1 Å². The van der Waals surface area contributed by atoms with E-state index >= 15 is 0 Å². The van der Waals surface area contributed by atoms with Gasteiger partial charge in [-0.2, -0.15) is 0 Å². The van der Waals surface area contributed by atoms with Gasteiger partial charge in [0.1, 0.15) is 0 Å². The van der Waals surface area contributed by atoms with Gasteiger partial charge in [-0.15, -0.1) is 0 Å². The van der Waals surface area contributed by atoms with Gasteiger partial charge in [-0.25, -0.2) is 0 Å². The van der Waals surface area contributed by atoms with Crippen molar-refractivity contribution < 1.29 is 4.79 Å². The van der Waals surface area contributed by atoms with Crippen molar-refractivity contribution in [2.75, 3.05) is 53.9 Å². The average molecular weight is 376 g/mol. The maximum absolute atomic E-state index is 12.4. The van der Waals surface area contributed by atoms with Crippen molar-refractivity contribution >= 4 is 11.9 Å². The van der Waals surface area contributed by atoms with Crippen molar-refractivity contribution in [1.82, 2.24) is 20.0 Å². The van der Waals surface area contributed by atoms with Crippen LogP contribution < -0.4 is 5.32 Å². The minimum absolute atomic E-state index is 0.121. The van der Waals surface area contributed by atoms with E-state index in [9.17, 15) is 4.79 Å². The normalized spacial score (nSPS) is 12.8. The zero-order valence-electron chi connectivity index (χ0n) is 18.1. The molecule has 1 amide bonds. The molecule has 0 aliphatic carbocycles. The Hall–Kier alpha value is -2.08. The number of aryl methyl sites for hydroxylation is 1. The monoisotopic (exact) mass is 375 g/mol. The molecule has 6 heteroatoms. The van der Waals surface area contributed by atoms with Crippen LogP contribution in [0, 0.1) is 6.92 Å². The number of benzene rings is 1. The van der Waals surface area contributed by atoms with Crippen LogP contribution in [0.25, 0.3) is 0 Å². The van der Waals surface area contributed by atoms with Gasteiger partial charge >= 0.3 is 0 Å². The maximum atomic E-state index is 12.4. The summed E-state index contributed by atoms with van der Waals surface area (Å²) in [6.07, 6.45) is 0. The molecule has 6 nitrogen and oxygen atoms in total. The standard InChI is InChI=1S/C21H37N5O/c1-8-22-21(25(7)16-20(27)26(9-2)10-3)23-15-19(24(5)6)18-13-11-17(4)12-14-18/h11-14,19H,8-10,15-16H2,1-7H3,(H,22,23). The average Bonchev–Trinajstić information content (AvgIpc) is 2.63.